The van der Waals surface area contributed by atoms with E-state index < -0.39 is 6.04 Å². The van der Waals surface area contributed by atoms with Gasteiger partial charge < -0.3 is 20.3 Å². The van der Waals surface area contributed by atoms with E-state index in [1.165, 1.54) is 4.90 Å². The molecule has 1 aliphatic rings. The topological polar surface area (TPSA) is 87.7 Å². The first-order chi connectivity index (χ1) is 13.9. The van der Waals surface area contributed by atoms with Crippen LogP contribution in [0.25, 0.3) is 0 Å². The monoisotopic (exact) mass is 395 g/mol. The third-order valence-electron chi connectivity index (χ3n) is 5.10. The second-order valence-corrected chi connectivity index (χ2v) is 7.09. The lowest BCUT2D eigenvalue weighted by Crippen LogP contribution is -2.58. The van der Waals surface area contributed by atoms with Crippen LogP contribution in [0.4, 0.5) is 5.69 Å². The highest BCUT2D eigenvalue weighted by atomic mass is 16.5. The summed E-state index contributed by atoms with van der Waals surface area (Å²) in [5.41, 5.74) is 3.21. The molecule has 0 unspecified atom stereocenters. The summed E-state index contributed by atoms with van der Waals surface area (Å²) in [5.74, 6) is -0.224. The number of aryl methyl sites for hydroxylation is 2. The molecule has 2 aromatic rings. The molecular weight excluding hydrogens is 370 g/mol. The van der Waals surface area contributed by atoms with Gasteiger partial charge in [0.05, 0.1) is 13.5 Å². The second-order valence-electron chi connectivity index (χ2n) is 7.09. The fourth-order valence-electron chi connectivity index (χ4n) is 3.26. The fourth-order valence-corrected chi connectivity index (χ4v) is 3.26. The largest absolute Gasteiger partial charge is 0.497 e. The predicted octanol–water partition coefficient (Wildman–Crippen LogP) is 2.28. The SMILES string of the molecule is COc1ccc(NC(=O)C[C@H]2C(=O)NCCN2C(=O)c2ccc(C)c(C)c2)cc1. The Labute approximate surface area is 170 Å². The van der Waals surface area contributed by atoms with Crippen molar-refractivity contribution < 1.29 is 19.1 Å². The number of benzene rings is 2. The maximum Gasteiger partial charge on any atom is 0.254 e. The number of anilines is 1. The number of nitrogens with one attached hydrogen (secondary N) is 2. The minimum Gasteiger partial charge on any atom is -0.497 e. The van der Waals surface area contributed by atoms with Crippen molar-refractivity contribution in [3.63, 3.8) is 0 Å². The number of amides is 3. The summed E-state index contributed by atoms with van der Waals surface area (Å²) >= 11 is 0. The Morgan fingerprint density at radius 1 is 1.14 bits per heavy atom. The first-order valence-corrected chi connectivity index (χ1v) is 9.49. The maximum absolute atomic E-state index is 13.0. The number of piperazine rings is 1. The van der Waals surface area contributed by atoms with E-state index in [0.717, 1.165) is 11.1 Å². The Morgan fingerprint density at radius 3 is 2.52 bits per heavy atom. The molecule has 152 valence electrons. The van der Waals surface area contributed by atoms with Crippen molar-refractivity contribution >= 4 is 23.4 Å². The van der Waals surface area contributed by atoms with Gasteiger partial charge in [0.15, 0.2) is 0 Å². The molecule has 0 aliphatic carbocycles. The molecule has 0 bridgehead atoms. The van der Waals surface area contributed by atoms with Gasteiger partial charge in [-0.05, 0) is 61.4 Å². The van der Waals surface area contributed by atoms with Crippen LogP contribution in [-0.4, -0.2) is 48.9 Å². The minimum atomic E-state index is -0.851. The molecule has 0 saturated carbocycles. The zero-order valence-corrected chi connectivity index (χ0v) is 16.8. The van der Waals surface area contributed by atoms with Crippen molar-refractivity contribution in [3.8, 4) is 5.75 Å². The molecular formula is C22H25N3O4. The fraction of sp³-hybridized carbons (Fsp3) is 0.318. The maximum atomic E-state index is 13.0. The van der Waals surface area contributed by atoms with E-state index in [-0.39, 0.29) is 24.1 Å². The molecule has 29 heavy (non-hydrogen) atoms. The molecule has 1 fully saturated rings. The smallest absolute Gasteiger partial charge is 0.254 e. The highest BCUT2D eigenvalue weighted by Crippen LogP contribution is 2.19. The van der Waals surface area contributed by atoms with Crippen LogP contribution in [0.5, 0.6) is 5.75 Å². The third-order valence-corrected chi connectivity index (χ3v) is 5.10. The Bertz CT molecular complexity index is 924. The molecule has 0 radical (unpaired) electrons. The molecule has 3 amide bonds. The van der Waals surface area contributed by atoms with E-state index in [4.69, 9.17) is 4.74 Å². The molecule has 7 nitrogen and oxygen atoms in total. The minimum absolute atomic E-state index is 0.117. The molecule has 2 N–H and O–H groups in total. The van der Waals surface area contributed by atoms with E-state index >= 15 is 0 Å². The zero-order valence-electron chi connectivity index (χ0n) is 16.8. The van der Waals surface area contributed by atoms with E-state index in [1.807, 2.05) is 26.0 Å². The molecule has 7 heteroatoms. The number of hydrogen-bond donors (Lipinski definition) is 2. The first-order valence-electron chi connectivity index (χ1n) is 9.49. The van der Waals surface area contributed by atoms with Gasteiger partial charge in [-0.3, -0.25) is 14.4 Å². The summed E-state index contributed by atoms with van der Waals surface area (Å²) in [6.45, 7) is 4.64. The number of ether oxygens (including phenoxy) is 1. The average molecular weight is 395 g/mol. The van der Waals surface area contributed by atoms with Gasteiger partial charge in [-0.1, -0.05) is 6.07 Å². The highest BCUT2D eigenvalue weighted by molar-refractivity contribution is 6.01. The van der Waals surface area contributed by atoms with Crippen molar-refractivity contribution in [1.29, 1.82) is 0 Å². The van der Waals surface area contributed by atoms with Crippen LogP contribution in [0.3, 0.4) is 0 Å². The van der Waals surface area contributed by atoms with E-state index in [9.17, 15) is 14.4 Å². The van der Waals surface area contributed by atoms with Gasteiger partial charge in [-0.25, -0.2) is 0 Å². The lowest BCUT2D eigenvalue weighted by Gasteiger charge is -2.35. The Kier molecular flexibility index (Phi) is 6.16. The van der Waals surface area contributed by atoms with Gasteiger partial charge >= 0.3 is 0 Å². The molecule has 1 atom stereocenters. The van der Waals surface area contributed by atoms with Crippen LogP contribution >= 0.6 is 0 Å². The van der Waals surface area contributed by atoms with Gasteiger partial charge in [-0.2, -0.15) is 0 Å². The van der Waals surface area contributed by atoms with E-state index in [2.05, 4.69) is 10.6 Å². The summed E-state index contributed by atoms with van der Waals surface area (Å²) in [6.07, 6.45) is -0.117. The van der Waals surface area contributed by atoms with Crippen molar-refractivity contribution in [1.82, 2.24) is 10.2 Å². The summed E-state index contributed by atoms with van der Waals surface area (Å²) in [5, 5.41) is 5.51. The highest BCUT2D eigenvalue weighted by Gasteiger charge is 2.35. The van der Waals surface area contributed by atoms with Crippen LogP contribution in [0.1, 0.15) is 27.9 Å². The van der Waals surface area contributed by atoms with Crippen LogP contribution in [0, 0.1) is 13.8 Å². The molecule has 1 saturated heterocycles. The van der Waals surface area contributed by atoms with Gasteiger partial charge in [0, 0.05) is 24.3 Å². The van der Waals surface area contributed by atoms with Crippen LogP contribution < -0.4 is 15.4 Å². The van der Waals surface area contributed by atoms with Crippen molar-refractivity contribution in [2.24, 2.45) is 0 Å². The van der Waals surface area contributed by atoms with Crippen LogP contribution in [-0.2, 0) is 9.59 Å². The third kappa shape index (κ3) is 4.74. The lowest BCUT2D eigenvalue weighted by molar-refractivity contribution is -0.131. The molecule has 0 spiro atoms. The summed E-state index contributed by atoms with van der Waals surface area (Å²) in [4.78, 5) is 39.5. The number of carbonyl (C=O) groups is 3. The zero-order chi connectivity index (χ0) is 21.0. The van der Waals surface area contributed by atoms with Crippen molar-refractivity contribution in [3.05, 3.63) is 59.2 Å². The lowest BCUT2D eigenvalue weighted by atomic mass is 10.0. The quantitative estimate of drug-likeness (QED) is 0.813. The number of hydrogen-bond acceptors (Lipinski definition) is 4. The molecule has 1 aliphatic heterocycles. The summed E-state index contributed by atoms with van der Waals surface area (Å²) in [6, 6.07) is 11.5. The standard InChI is InChI=1S/C22H25N3O4/c1-14-4-5-16(12-15(14)2)22(28)25-11-10-23-21(27)19(25)13-20(26)24-17-6-8-18(29-3)9-7-17/h4-9,12,19H,10-11,13H2,1-3H3,(H,23,27)(H,24,26)/t19-/m0/s1. The molecule has 2 aromatic carbocycles. The van der Waals surface area contributed by atoms with Gasteiger partial charge in [0.25, 0.3) is 5.91 Å². The van der Waals surface area contributed by atoms with Crippen molar-refractivity contribution in [2.75, 3.05) is 25.5 Å². The average Bonchev–Trinajstić information content (AvgIpc) is 2.71. The predicted molar refractivity (Wildman–Crippen MR) is 110 cm³/mol. The molecule has 1 heterocycles. The van der Waals surface area contributed by atoms with E-state index in [0.29, 0.717) is 30.1 Å². The first kappa shape index (κ1) is 20.4. The van der Waals surface area contributed by atoms with Gasteiger partial charge in [0.2, 0.25) is 11.8 Å². The number of nitrogens with zero attached hydrogens (tertiary/aromatic N) is 1. The molecule has 3 rings (SSSR count). The Hall–Kier alpha value is -3.35. The number of methoxy groups -OCH3 is 1. The van der Waals surface area contributed by atoms with Crippen molar-refractivity contribution in [2.45, 2.75) is 26.3 Å². The number of rotatable bonds is 5. The summed E-state index contributed by atoms with van der Waals surface area (Å²) in [7, 11) is 1.57. The second kappa shape index (κ2) is 8.77. The Balaban J connectivity index is 1.73. The molecule has 0 aromatic heterocycles. The Morgan fingerprint density at radius 2 is 1.86 bits per heavy atom. The summed E-state index contributed by atoms with van der Waals surface area (Å²) < 4.78 is 5.10. The van der Waals surface area contributed by atoms with Gasteiger partial charge in [-0.15, -0.1) is 0 Å². The number of carbonyl (C=O) groups excluding carboxylic acids is 3. The van der Waals surface area contributed by atoms with Crippen LogP contribution in [0.15, 0.2) is 42.5 Å². The van der Waals surface area contributed by atoms with E-state index in [1.54, 1.807) is 37.4 Å². The normalized spacial score (nSPS) is 16.2. The van der Waals surface area contributed by atoms with Gasteiger partial charge in [0.1, 0.15) is 11.8 Å². The van der Waals surface area contributed by atoms with Crippen LogP contribution in [0.2, 0.25) is 0 Å².